The highest BCUT2D eigenvalue weighted by atomic mass is 127. The Morgan fingerprint density at radius 2 is 2.43 bits per heavy atom. The van der Waals surface area contributed by atoms with Gasteiger partial charge in [0.15, 0.2) is 0 Å². The molecule has 0 saturated carbocycles. The molecule has 0 unspecified atom stereocenters. The van der Waals surface area contributed by atoms with Crippen LogP contribution in [0.2, 0.25) is 0 Å². The van der Waals surface area contributed by atoms with Crippen molar-refractivity contribution in [3.05, 3.63) is 12.7 Å². The maximum atomic E-state index is 3.76. The molecule has 1 nitrogen and oxygen atoms in total. The van der Waals surface area contributed by atoms with E-state index in [1.807, 2.05) is 13.0 Å². The summed E-state index contributed by atoms with van der Waals surface area (Å²) in [5.41, 5.74) is 0. The molecule has 0 amide bonds. The number of allylic oxidation sites excluding steroid dienone is 1. The van der Waals surface area contributed by atoms with Gasteiger partial charge < -0.3 is 0 Å². The summed E-state index contributed by atoms with van der Waals surface area (Å²) < 4.78 is 5.03. The Hall–Kier alpha value is 0.01000. The van der Waals surface area contributed by atoms with Crippen molar-refractivity contribution >= 4 is 31.2 Å². The van der Waals surface area contributed by atoms with E-state index in [-0.39, 0.29) is 21.0 Å². The zero-order valence-corrected chi connectivity index (χ0v) is 6.47. The van der Waals surface area contributed by atoms with Gasteiger partial charge in [-0.15, -0.1) is 0 Å². The zero-order chi connectivity index (χ0) is 5.70. The van der Waals surface area contributed by atoms with Crippen LogP contribution >= 0.6 is 21.0 Å². The zero-order valence-electron chi connectivity index (χ0n) is 4.32. The fourth-order valence-corrected chi connectivity index (χ4v) is 0.864. The largest absolute Gasteiger partial charge is 0.238 e. The molecule has 2 heteroatoms. The minimum absolute atomic E-state index is 0.122. The first kappa shape index (κ1) is 7.01. The minimum atomic E-state index is -0.122. The lowest BCUT2D eigenvalue weighted by molar-refractivity contribution is 2.02. The Morgan fingerprint density at radius 3 is 2.57 bits per heavy atom. The molecule has 0 heterocycles. The first-order valence-electron chi connectivity index (χ1n) is 1.87. The van der Waals surface area contributed by atoms with Gasteiger partial charge in [0.25, 0.3) is 0 Å². The van der Waals surface area contributed by atoms with E-state index >= 15 is 0 Å². The molecule has 0 N–H and O–H groups in total. The smallest absolute Gasteiger partial charge is 0.0255 e. The predicted molar refractivity (Wildman–Crippen MR) is 44.4 cm³/mol. The standard InChI is InChI=1S/C5H8IN/c1-4-5(2)6-7-3/h4H,1,3H2,2H3. The highest BCUT2D eigenvalue weighted by Crippen LogP contribution is 1.99. The first-order chi connectivity index (χ1) is 3.31. The lowest BCUT2D eigenvalue weighted by atomic mass is 10.5. The van der Waals surface area contributed by atoms with Crippen LogP contribution in [0.1, 0.15) is 6.92 Å². The van der Waals surface area contributed by atoms with Gasteiger partial charge in [-0.05, 0) is 17.2 Å². The Morgan fingerprint density at radius 1 is 1.86 bits per heavy atom. The molecule has 0 spiro atoms. The topological polar surface area (TPSA) is 12.4 Å². The molecule has 0 fully saturated rings. The number of hydrogen-bond donors (Lipinski definition) is 0. The maximum absolute atomic E-state index is 3.76. The number of hydrogen-bond acceptors (Lipinski definition) is 1. The van der Waals surface area contributed by atoms with E-state index in [1.54, 1.807) is 0 Å². The monoisotopic (exact) mass is 209 g/mol. The molecule has 0 aromatic carbocycles. The lowest BCUT2D eigenvalue weighted by Gasteiger charge is -1.78. The highest BCUT2D eigenvalue weighted by molar-refractivity contribution is 14.2. The SMILES string of the molecule is C=CC(C)=IN=C. The van der Waals surface area contributed by atoms with Crippen molar-refractivity contribution in [2.45, 2.75) is 6.92 Å². The molecule has 0 atom stereocenters. The molecule has 0 aliphatic heterocycles. The van der Waals surface area contributed by atoms with E-state index in [2.05, 4.69) is 16.5 Å². The highest BCUT2D eigenvalue weighted by Gasteiger charge is 1.71. The van der Waals surface area contributed by atoms with Gasteiger partial charge in [-0.3, -0.25) is 0 Å². The van der Waals surface area contributed by atoms with Crippen LogP contribution in [-0.2, 0) is 0 Å². The summed E-state index contributed by atoms with van der Waals surface area (Å²) in [6.45, 7) is 8.98. The van der Waals surface area contributed by atoms with Crippen molar-refractivity contribution in [3.8, 4) is 0 Å². The second-order valence-corrected chi connectivity index (χ2v) is 3.86. The Labute approximate surface area is 54.3 Å². The van der Waals surface area contributed by atoms with Crippen LogP contribution in [0.25, 0.3) is 0 Å². The molecule has 0 aliphatic carbocycles. The van der Waals surface area contributed by atoms with Crippen LogP contribution in [0.15, 0.2) is 15.9 Å². The fraction of sp³-hybridized carbons (Fsp3) is 0.200. The summed E-state index contributed by atoms with van der Waals surface area (Å²) in [7, 11) is 0. The third-order valence-corrected chi connectivity index (χ3v) is 2.02. The summed E-state index contributed by atoms with van der Waals surface area (Å²) in [5.74, 6) is 0. The van der Waals surface area contributed by atoms with Crippen molar-refractivity contribution < 1.29 is 0 Å². The molecule has 0 bridgehead atoms. The van der Waals surface area contributed by atoms with E-state index in [0.29, 0.717) is 0 Å². The van der Waals surface area contributed by atoms with Gasteiger partial charge in [0.05, 0.1) is 0 Å². The van der Waals surface area contributed by atoms with Gasteiger partial charge in [0, 0.05) is 21.0 Å². The van der Waals surface area contributed by atoms with E-state index in [0.717, 1.165) is 0 Å². The summed E-state index contributed by atoms with van der Waals surface area (Å²) in [5, 5.41) is 0. The van der Waals surface area contributed by atoms with Crippen molar-refractivity contribution in [1.29, 1.82) is 0 Å². The molecular weight excluding hydrogens is 201 g/mol. The van der Waals surface area contributed by atoms with Gasteiger partial charge in [-0.25, -0.2) is 3.21 Å². The first-order valence-corrected chi connectivity index (χ1v) is 3.91. The number of rotatable bonds is 2. The average molecular weight is 209 g/mol. The van der Waals surface area contributed by atoms with Gasteiger partial charge in [0.1, 0.15) is 0 Å². The fourth-order valence-electron chi connectivity index (χ4n) is 0.129. The van der Waals surface area contributed by atoms with Gasteiger partial charge >= 0.3 is 0 Å². The number of halogens is 1. The van der Waals surface area contributed by atoms with Crippen molar-refractivity contribution in [3.63, 3.8) is 0 Å². The predicted octanol–water partition coefficient (Wildman–Crippen LogP) is 1.95. The van der Waals surface area contributed by atoms with E-state index in [4.69, 9.17) is 0 Å². The average Bonchev–Trinajstić information content (AvgIpc) is 1.68. The third-order valence-electron chi connectivity index (χ3n) is 0.474. The van der Waals surface area contributed by atoms with Crippen LogP contribution in [0.4, 0.5) is 0 Å². The second-order valence-electron chi connectivity index (χ2n) is 0.995. The number of nitrogens with zero attached hydrogens (tertiary/aromatic N) is 1. The summed E-state index contributed by atoms with van der Waals surface area (Å²) in [6.07, 6.45) is 1.84. The lowest BCUT2D eigenvalue weighted by Crippen LogP contribution is -1.70. The molecule has 0 aliphatic rings. The van der Waals surface area contributed by atoms with Crippen LogP contribution < -0.4 is 0 Å². The van der Waals surface area contributed by atoms with Gasteiger partial charge in [-0.1, -0.05) is 12.7 Å². The van der Waals surface area contributed by atoms with Crippen LogP contribution in [-0.4, -0.2) is 10.2 Å². The molecule has 0 aromatic rings. The van der Waals surface area contributed by atoms with Gasteiger partial charge in [0.2, 0.25) is 0 Å². The van der Waals surface area contributed by atoms with Gasteiger partial charge in [-0.2, -0.15) is 0 Å². The Bertz CT molecular complexity index is 105. The Kier molecular flexibility index (Phi) is 4.18. The molecule has 0 radical (unpaired) electrons. The van der Waals surface area contributed by atoms with E-state index in [9.17, 15) is 0 Å². The summed E-state index contributed by atoms with van der Waals surface area (Å²) >= 11 is -0.122. The molecule has 0 aromatic heterocycles. The molecule has 40 valence electrons. The normalized spacial score (nSPS) is 11.9. The van der Waals surface area contributed by atoms with Crippen LogP contribution in [0, 0.1) is 0 Å². The molecule has 7 heavy (non-hydrogen) atoms. The summed E-state index contributed by atoms with van der Waals surface area (Å²) in [4.78, 5) is 0. The molecule has 0 rings (SSSR count). The van der Waals surface area contributed by atoms with Crippen molar-refractivity contribution in [2.24, 2.45) is 3.21 Å². The van der Waals surface area contributed by atoms with Crippen molar-refractivity contribution in [2.75, 3.05) is 0 Å². The van der Waals surface area contributed by atoms with E-state index < -0.39 is 0 Å². The minimum Gasteiger partial charge on any atom is -0.238 e. The maximum Gasteiger partial charge on any atom is 0.0255 e. The molecular formula is C5H8IN. The second kappa shape index (κ2) is 4.18. The van der Waals surface area contributed by atoms with Crippen molar-refractivity contribution in [1.82, 2.24) is 0 Å². The van der Waals surface area contributed by atoms with Crippen LogP contribution in [0.5, 0.6) is 0 Å². The van der Waals surface area contributed by atoms with E-state index in [1.165, 1.54) is 3.51 Å². The Balaban J connectivity index is 3.72. The van der Waals surface area contributed by atoms with Crippen LogP contribution in [0.3, 0.4) is 0 Å². The third kappa shape index (κ3) is 3.85. The quantitative estimate of drug-likeness (QED) is 0.486. The summed E-state index contributed by atoms with van der Waals surface area (Å²) in [6, 6.07) is 0. The molecule has 0 saturated heterocycles.